The van der Waals surface area contributed by atoms with Crippen molar-refractivity contribution in [2.75, 3.05) is 19.6 Å². The summed E-state index contributed by atoms with van der Waals surface area (Å²) in [4.78, 5) is 2.64. The van der Waals surface area contributed by atoms with Crippen LogP contribution in [0.25, 0.3) is 21.9 Å². The number of hydrogen-bond donors (Lipinski definition) is 1. The molecule has 0 unspecified atom stereocenters. The SMILES string of the molecule is Cn1ccc2cc(S(=O)(=O)N[C@@H]3CCN(CCCc4noc5ccccc45)C3)ccc21. The number of nitrogens with one attached hydrogen (secondary N) is 1. The lowest BCUT2D eigenvalue weighted by Gasteiger charge is -2.16. The monoisotopic (exact) mass is 438 g/mol. The first-order valence-corrected chi connectivity index (χ1v) is 12.1. The molecule has 4 aromatic rings. The van der Waals surface area contributed by atoms with Crippen LogP contribution in [0.3, 0.4) is 0 Å². The molecule has 1 atom stereocenters. The summed E-state index contributed by atoms with van der Waals surface area (Å²) in [5, 5.41) is 6.20. The average molecular weight is 439 g/mol. The van der Waals surface area contributed by atoms with E-state index in [4.69, 9.17) is 4.52 Å². The van der Waals surface area contributed by atoms with Gasteiger partial charge >= 0.3 is 0 Å². The van der Waals surface area contributed by atoms with E-state index in [1.165, 1.54) is 0 Å². The summed E-state index contributed by atoms with van der Waals surface area (Å²) in [6.45, 7) is 2.53. The van der Waals surface area contributed by atoms with Crippen molar-refractivity contribution in [3.8, 4) is 0 Å². The second kappa shape index (κ2) is 8.11. The van der Waals surface area contributed by atoms with Crippen LogP contribution >= 0.6 is 0 Å². The highest BCUT2D eigenvalue weighted by Gasteiger charge is 2.27. The minimum Gasteiger partial charge on any atom is -0.356 e. The van der Waals surface area contributed by atoms with Crippen molar-refractivity contribution < 1.29 is 12.9 Å². The van der Waals surface area contributed by atoms with Gasteiger partial charge in [0.05, 0.1) is 10.6 Å². The Balaban J connectivity index is 1.16. The third kappa shape index (κ3) is 4.11. The first-order chi connectivity index (χ1) is 15.0. The fraction of sp³-hybridized carbons (Fsp3) is 0.348. The van der Waals surface area contributed by atoms with Crippen LogP contribution in [0, 0.1) is 0 Å². The molecule has 2 aromatic carbocycles. The lowest BCUT2D eigenvalue weighted by atomic mass is 10.1. The molecule has 0 saturated carbocycles. The van der Waals surface area contributed by atoms with Crippen LogP contribution in [-0.4, -0.2) is 48.7 Å². The van der Waals surface area contributed by atoms with Crippen molar-refractivity contribution in [3.05, 3.63) is 60.4 Å². The molecule has 8 heteroatoms. The summed E-state index contributed by atoms with van der Waals surface area (Å²) in [5.41, 5.74) is 2.83. The van der Waals surface area contributed by atoms with Crippen molar-refractivity contribution in [3.63, 3.8) is 0 Å². The van der Waals surface area contributed by atoms with Gasteiger partial charge in [-0.1, -0.05) is 17.3 Å². The van der Waals surface area contributed by atoms with Crippen LogP contribution in [0.5, 0.6) is 0 Å². The second-order valence-electron chi connectivity index (χ2n) is 8.28. The van der Waals surface area contributed by atoms with Gasteiger partial charge in [-0.2, -0.15) is 0 Å². The number of aryl methyl sites for hydroxylation is 2. The molecule has 2 aromatic heterocycles. The zero-order valence-electron chi connectivity index (χ0n) is 17.5. The standard InChI is InChI=1S/C23H26N4O3S/c1-26-13-10-17-15-19(8-9-22(17)26)31(28,29)25-18-11-14-27(16-18)12-4-6-21-20-5-2-3-7-23(20)30-24-21/h2-3,5,7-10,13,15,18,25H,4,6,11-12,14,16H2,1H3/t18-/m1/s1. The minimum atomic E-state index is -3.54. The number of likely N-dealkylation sites (tertiary alicyclic amines) is 1. The van der Waals surface area contributed by atoms with Crippen molar-refractivity contribution >= 4 is 31.9 Å². The summed E-state index contributed by atoms with van der Waals surface area (Å²) in [6.07, 6.45) is 4.56. The highest BCUT2D eigenvalue weighted by atomic mass is 32.2. The Kier molecular flexibility index (Phi) is 5.29. The van der Waals surface area contributed by atoms with E-state index >= 15 is 0 Å². The first kappa shape index (κ1) is 20.2. The number of fused-ring (bicyclic) bond motifs is 2. The molecule has 1 aliphatic rings. The normalized spacial score (nSPS) is 17.8. The summed E-state index contributed by atoms with van der Waals surface area (Å²) < 4.78 is 36.0. The Morgan fingerprint density at radius 1 is 1.19 bits per heavy atom. The molecule has 0 radical (unpaired) electrons. The first-order valence-electron chi connectivity index (χ1n) is 10.6. The van der Waals surface area contributed by atoms with E-state index in [0.717, 1.165) is 66.5 Å². The zero-order chi connectivity index (χ0) is 21.4. The molecule has 3 heterocycles. The van der Waals surface area contributed by atoms with Crippen molar-refractivity contribution in [2.45, 2.75) is 30.2 Å². The average Bonchev–Trinajstić information content (AvgIpc) is 3.47. The van der Waals surface area contributed by atoms with Crippen LogP contribution < -0.4 is 4.72 Å². The molecular weight excluding hydrogens is 412 g/mol. The summed E-state index contributed by atoms with van der Waals surface area (Å²) in [6, 6.07) is 15.1. The van der Waals surface area contributed by atoms with Gasteiger partial charge in [-0.25, -0.2) is 13.1 Å². The van der Waals surface area contributed by atoms with Crippen LogP contribution in [0.4, 0.5) is 0 Å². The molecule has 162 valence electrons. The Hall–Kier alpha value is -2.68. The van der Waals surface area contributed by atoms with Gasteiger partial charge in [0.2, 0.25) is 10.0 Å². The number of benzene rings is 2. The lowest BCUT2D eigenvalue weighted by molar-refractivity contribution is 0.326. The topological polar surface area (TPSA) is 80.4 Å². The predicted octanol–water partition coefficient (Wildman–Crippen LogP) is 3.30. The lowest BCUT2D eigenvalue weighted by Crippen LogP contribution is -2.37. The molecule has 0 aliphatic carbocycles. The van der Waals surface area contributed by atoms with Crippen LogP contribution in [0.2, 0.25) is 0 Å². The van der Waals surface area contributed by atoms with Gasteiger partial charge in [-0.05, 0) is 68.8 Å². The molecule has 0 amide bonds. The maximum Gasteiger partial charge on any atom is 0.240 e. The number of aromatic nitrogens is 2. The highest BCUT2D eigenvalue weighted by Crippen LogP contribution is 2.22. The number of para-hydroxylation sites is 1. The molecule has 7 nitrogen and oxygen atoms in total. The van der Waals surface area contributed by atoms with E-state index < -0.39 is 10.0 Å². The maximum atomic E-state index is 12.9. The quantitative estimate of drug-likeness (QED) is 0.479. The van der Waals surface area contributed by atoms with Crippen molar-refractivity contribution in [1.29, 1.82) is 0 Å². The van der Waals surface area contributed by atoms with Crippen LogP contribution in [0.1, 0.15) is 18.5 Å². The number of hydrogen-bond acceptors (Lipinski definition) is 5. The van der Waals surface area contributed by atoms with E-state index in [0.29, 0.717) is 4.90 Å². The third-order valence-corrected chi connectivity index (χ3v) is 7.62. The Bertz CT molecular complexity index is 1330. The predicted molar refractivity (Wildman–Crippen MR) is 120 cm³/mol. The largest absolute Gasteiger partial charge is 0.356 e. The fourth-order valence-electron chi connectivity index (χ4n) is 4.43. The van der Waals surface area contributed by atoms with Crippen molar-refractivity contribution in [2.24, 2.45) is 7.05 Å². The zero-order valence-corrected chi connectivity index (χ0v) is 18.3. The van der Waals surface area contributed by atoms with E-state index in [1.54, 1.807) is 12.1 Å². The summed E-state index contributed by atoms with van der Waals surface area (Å²) in [7, 11) is -1.59. The van der Waals surface area contributed by atoms with E-state index in [1.807, 2.05) is 54.2 Å². The third-order valence-electron chi connectivity index (χ3n) is 6.10. The van der Waals surface area contributed by atoms with Gasteiger partial charge in [0.15, 0.2) is 5.58 Å². The van der Waals surface area contributed by atoms with E-state index in [2.05, 4.69) is 14.8 Å². The van der Waals surface area contributed by atoms with Crippen LogP contribution in [-0.2, 0) is 23.5 Å². The van der Waals surface area contributed by atoms with E-state index in [-0.39, 0.29) is 6.04 Å². The van der Waals surface area contributed by atoms with Crippen LogP contribution in [0.15, 0.2) is 64.1 Å². The highest BCUT2D eigenvalue weighted by molar-refractivity contribution is 7.89. The van der Waals surface area contributed by atoms with Gasteiger partial charge in [0.1, 0.15) is 0 Å². The van der Waals surface area contributed by atoms with Gasteiger partial charge < -0.3 is 14.0 Å². The summed E-state index contributed by atoms with van der Waals surface area (Å²) >= 11 is 0. The molecule has 5 rings (SSSR count). The maximum absolute atomic E-state index is 12.9. The molecule has 0 spiro atoms. The van der Waals surface area contributed by atoms with Gasteiger partial charge in [0.25, 0.3) is 0 Å². The summed E-state index contributed by atoms with van der Waals surface area (Å²) in [5.74, 6) is 0. The molecule has 1 fully saturated rings. The molecule has 31 heavy (non-hydrogen) atoms. The van der Waals surface area contributed by atoms with Gasteiger partial charge in [-0.15, -0.1) is 0 Å². The number of sulfonamides is 1. The Labute approximate surface area is 181 Å². The number of nitrogens with zero attached hydrogens (tertiary/aromatic N) is 3. The van der Waals surface area contributed by atoms with Gasteiger partial charge in [0, 0.05) is 42.1 Å². The molecule has 1 saturated heterocycles. The Morgan fingerprint density at radius 3 is 2.97 bits per heavy atom. The van der Waals surface area contributed by atoms with Gasteiger partial charge in [-0.3, -0.25) is 0 Å². The molecule has 0 bridgehead atoms. The van der Waals surface area contributed by atoms with E-state index in [9.17, 15) is 8.42 Å². The molecule has 1 aliphatic heterocycles. The molecular formula is C23H26N4O3S. The number of rotatable bonds is 7. The Morgan fingerprint density at radius 2 is 2.06 bits per heavy atom. The minimum absolute atomic E-state index is 0.0654. The molecule has 1 N–H and O–H groups in total. The fourth-order valence-corrected chi connectivity index (χ4v) is 5.73. The van der Waals surface area contributed by atoms with Crippen molar-refractivity contribution in [1.82, 2.24) is 19.3 Å². The second-order valence-corrected chi connectivity index (χ2v) is 10.00. The smallest absolute Gasteiger partial charge is 0.240 e.